The van der Waals surface area contributed by atoms with Gasteiger partial charge in [0.25, 0.3) is 0 Å². The van der Waals surface area contributed by atoms with Crippen LogP contribution >= 0.6 is 0 Å². The highest BCUT2D eigenvalue weighted by molar-refractivity contribution is 5.80. The first kappa shape index (κ1) is 30.8. The van der Waals surface area contributed by atoms with Crippen LogP contribution in [0.15, 0.2) is 51.7 Å². The van der Waals surface area contributed by atoms with Crippen molar-refractivity contribution < 1.29 is 20.1 Å². The van der Waals surface area contributed by atoms with Crippen molar-refractivity contribution in [3.63, 3.8) is 0 Å². The number of oxazole rings is 1. The van der Waals surface area contributed by atoms with Gasteiger partial charge in [0.2, 0.25) is 6.41 Å². The maximum atomic E-state index is 11.6. The predicted octanol–water partition coefficient (Wildman–Crippen LogP) is 4.17. The molecule has 3 aromatic rings. The zero-order chi connectivity index (χ0) is 27.8. The van der Waals surface area contributed by atoms with E-state index in [0.29, 0.717) is 31.6 Å². The van der Waals surface area contributed by atoms with Crippen molar-refractivity contribution in [3.05, 3.63) is 58.6 Å². The number of hydrogen-bond acceptors (Lipinski definition) is 7. The molecule has 208 valence electrons. The zero-order valence-corrected chi connectivity index (χ0v) is 22.7. The van der Waals surface area contributed by atoms with E-state index in [-0.39, 0.29) is 13.3 Å². The Bertz CT molecular complexity index is 1200. The minimum Gasteiger partial charge on any atom is -0.408 e. The smallest absolute Gasteiger partial charge is 0.408 e. The third-order valence-corrected chi connectivity index (χ3v) is 6.03. The number of aryl methyl sites for hydroxylation is 1. The molecule has 9 heteroatoms. The molecule has 1 aromatic heterocycles. The molecule has 0 fully saturated rings. The van der Waals surface area contributed by atoms with Gasteiger partial charge in [0.15, 0.2) is 5.58 Å². The van der Waals surface area contributed by atoms with Crippen molar-refractivity contribution in [1.82, 2.24) is 9.88 Å². The fourth-order valence-corrected chi connectivity index (χ4v) is 3.90. The summed E-state index contributed by atoms with van der Waals surface area (Å²) in [5.41, 5.74) is 9.68. The van der Waals surface area contributed by atoms with Crippen molar-refractivity contribution in [2.75, 3.05) is 26.4 Å². The minimum atomic E-state index is -0.537. The molecule has 0 saturated carbocycles. The topological polar surface area (TPSA) is 133 Å². The molecule has 0 bridgehead atoms. The van der Waals surface area contributed by atoms with Crippen molar-refractivity contribution in [3.8, 4) is 17.2 Å². The highest BCUT2D eigenvalue weighted by atomic mass is 16.5. The summed E-state index contributed by atoms with van der Waals surface area (Å²) >= 11 is 0. The van der Waals surface area contributed by atoms with Gasteiger partial charge in [0, 0.05) is 28.1 Å². The number of ether oxygens (including phenoxy) is 2. The van der Waals surface area contributed by atoms with E-state index in [1.54, 1.807) is 13.1 Å². The predicted molar refractivity (Wildman–Crippen MR) is 151 cm³/mol. The quantitative estimate of drug-likeness (QED) is 0.224. The molecule has 1 heterocycles. The molecule has 2 atom stereocenters. The maximum Gasteiger partial charge on any atom is 0.419 e. The summed E-state index contributed by atoms with van der Waals surface area (Å²) < 4.78 is 17.6. The third kappa shape index (κ3) is 9.78. The van der Waals surface area contributed by atoms with Gasteiger partial charge in [-0.05, 0) is 55.1 Å². The molecule has 0 unspecified atom stereocenters. The number of carbonyl (C=O) groups is 1. The number of rotatable bonds is 15. The summed E-state index contributed by atoms with van der Waals surface area (Å²) in [4.78, 5) is 22.0. The first-order chi connectivity index (χ1) is 18.5. The number of unbranched alkanes of at least 4 members (excludes halogenated alkanes) is 2. The summed E-state index contributed by atoms with van der Waals surface area (Å²) in [5, 5.41) is 11.4. The Morgan fingerprint density at radius 1 is 1.18 bits per heavy atom. The summed E-state index contributed by atoms with van der Waals surface area (Å²) in [6, 6.07) is 14.8. The lowest BCUT2D eigenvalue weighted by Crippen LogP contribution is -2.28. The number of nitrogens with one attached hydrogen (secondary N) is 1. The van der Waals surface area contributed by atoms with Gasteiger partial charge >= 0.3 is 5.76 Å². The van der Waals surface area contributed by atoms with E-state index < -0.39 is 6.04 Å². The number of carbonyl (C=O) groups excluding carboxylic acids is 1. The lowest BCUT2D eigenvalue weighted by molar-refractivity contribution is -0.109. The van der Waals surface area contributed by atoms with Crippen LogP contribution in [0, 0.1) is 11.3 Å². The van der Waals surface area contributed by atoms with E-state index in [4.69, 9.17) is 24.9 Å². The van der Waals surface area contributed by atoms with Crippen molar-refractivity contribution >= 4 is 17.5 Å². The Labute approximate surface area is 226 Å². The van der Waals surface area contributed by atoms with Crippen molar-refractivity contribution in [2.45, 2.75) is 58.1 Å². The Balaban J connectivity index is 0.000000439. The van der Waals surface area contributed by atoms with Crippen LogP contribution in [-0.2, 0) is 27.7 Å². The normalized spacial score (nSPS) is 12.3. The van der Waals surface area contributed by atoms with Gasteiger partial charge in [0.05, 0.1) is 24.3 Å². The monoisotopic (exact) mass is 526 g/mol. The van der Waals surface area contributed by atoms with E-state index in [1.807, 2.05) is 49.4 Å². The van der Waals surface area contributed by atoms with E-state index in [1.165, 1.54) is 17.4 Å². The van der Waals surface area contributed by atoms with E-state index in [2.05, 4.69) is 12.2 Å². The molecule has 0 aliphatic heterocycles. The Hall–Kier alpha value is -3.45. The number of nitrogens with two attached hydrogens (primary N) is 1. The molecule has 3 rings (SSSR count). The highest BCUT2D eigenvalue weighted by Gasteiger charge is 2.10. The summed E-state index contributed by atoms with van der Waals surface area (Å²) in [5.74, 6) is -0.386. The summed E-state index contributed by atoms with van der Waals surface area (Å²) in [7, 11) is 1.67. The van der Waals surface area contributed by atoms with Gasteiger partial charge in [-0.3, -0.25) is 9.36 Å². The second-order valence-electron chi connectivity index (χ2n) is 8.91. The second-order valence-corrected chi connectivity index (χ2v) is 8.91. The average molecular weight is 527 g/mol. The van der Waals surface area contributed by atoms with Crippen LogP contribution in [0.3, 0.4) is 0 Å². The van der Waals surface area contributed by atoms with Crippen LogP contribution in [-0.4, -0.2) is 49.5 Å². The number of hydrogen-bond donors (Lipinski definition) is 2. The molecule has 0 aliphatic carbocycles. The number of fused-ring (bicyclic) bond motifs is 1. The minimum absolute atomic E-state index is 0. The van der Waals surface area contributed by atoms with Crippen LogP contribution in [0.4, 0.5) is 0 Å². The summed E-state index contributed by atoms with van der Waals surface area (Å²) in [6.07, 6.45) is 5.69. The number of aromatic nitrogens is 1. The van der Waals surface area contributed by atoms with Gasteiger partial charge in [-0.25, -0.2) is 4.79 Å². The molecule has 38 heavy (non-hydrogen) atoms. The van der Waals surface area contributed by atoms with Crippen LogP contribution in [0.5, 0.6) is 0 Å². The molecule has 1 amide bonds. The molecule has 0 aliphatic rings. The van der Waals surface area contributed by atoms with E-state index in [9.17, 15) is 9.59 Å². The molecule has 3 N–H and O–H groups in total. The van der Waals surface area contributed by atoms with Crippen LogP contribution in [0.25, 0.3) is 22.2 Å². The number of amides is 1. The molecule has 0 spiro atoms. The Kier molecular flexibility index (Phi) is 13.9. The molecule has 9 nitrogen and oxygen atoms in total. The lowest BCUT2D eigenvalue weighted by Gasteiger charge is -2.16. The number of nitriles is 1. The highest BCUT2D eigenvalue weighted by Crippen LogP contribution is 2.24. The number of nitrogens with zero attached hydrogens (tertiary/aromatic N) is 2. The maximum absolute atomic E-state index is 11.6. The Morgan fingerprint density at radius 3 is 2.55 bits per heavy atom. The molecule has 0 saturated heterocycles. The second kappa shape index (κ2) is 17.1. The zero-order valence-electron chi connectivity index (χ0n) is 22.7. The molecular weight excluding hydrogens is 484 g/mol. The largest absolute Gasteiger partial charge is 0.419 e. The van der Waals surface area contributed by atoms with Gasteiger partial charge in [-0.15, -0.1) is 0 Å². The molecular formula is C29H42N4O5. The van der Waals surface area contributed by atoms with Crippen LogP contribution < -0.4 is 16.8 Å². The van der Waals surface area contributed by atoms with Gasteiger partial charge in [-0.2, -0.15) is 5.26 Å². The average Bonchev–Trinajstić information content (AvgIpc) is 3.21. The standard InChI is InChI=1S/C18H15N3O3.C11H25NO2.H2/c1-21-16-9-14(6-7-17(16)24-18(21)23)13-4-2-12(3-5-13)8-15(10-19)20-11-22;1-3-5-6-9-13-10-11(7-8-12)14-4-2;/h2-7,9,11,15H,8H2,1H3,(H,20,22);11H,3-10,12H2,1-2H3;1H/t15-;11-;/m01./s1. The fraction of sp³-hybridized carbons (Fsp3) is 0.483. The van der Waals surface area contributed by atoms with Crippen molar-refractivity contribution in [1.29, 1.82) is 5.26 Å². The molecule has 0 radical (unpaired) electrons. The molecule has 2 aromatic carbocycles. The first-order valence-electron chi connectivity index (χ1n) is 13.1. The van der Waals surface area contributed by atoms with E-state index >= 15 is 0 Å². The van der Waals surface area contributed by atoms with Crippen LogP contribution in [0.2, 0.25) is 0 Å². The first-order valence-corrected chi connectivity index (χ1v) is 13.1. The van der Waals surface area contributed by atoms with Gasteiger partial charge < -0.3 is 24.9 Å². The van der Waals surface area contributed by atoms with Crippen LogP contribution in [0.1, 0.15) is 46.5 Å². The SMILES string of the molecule is CCCCCOC[C@@H](CCN)OCC.Cn1c(=O)oc2ccc(-c3ccc(C[C@@H](C#N)NC=O)cc3)cc21.[HH]. The third-order valence-electron chi connectivity index (χ3n) is 6.03. The van der Waals surface area contributed by atoms with E-state index in [0.717, 1.165) is 48.3 Å². The van der Waals surface area contributed by atoms with Gasteiger partial charge in [-0.1, -0.05) is 50.1 Å². The fourth-order valence-electron chi connectivity index (χ4n) is 3.90. The van der Waals surface area contributed by atoms with Crippen molar-refractivity contribution in [2.24, 2.45) is 12.8 Å². The Morgan fingerprint density at radius 2 is 1.92 bits per heavy atom. The van der Waals surface area contributed by atoms with Gasteiger partial charge in [0.1, 0.15) is 6.04 Å². The lowest BCUT2D eigenvalue weighted by atomic mass is 10.0. The summed E-state index contributed by atoms with van der Waals surface area (Å²) in [6.45, 7) is 7.14. The number of benzene rings is 2.